The Morgan fingerprint density at radius 2 is 1.96 bits per heavy atom. The molecule has 2 aliphatic rings. The Balaban J connectivity index is 1.44. The molecule has 1 unspecified atom stereocenters. The van der Waals surface area contributed by atoms with Crippen LogP contribution in [0.3, 0.4) is 0 Å². The number of anilines is 2. The van der Waals surface area contributed by atoms with Crippen molar-refractivity contribution in [1.29, 1.82) is 0 Å². The third-order valence-corrected chi connectivity index (χ3v) is 4.69. The molecule has 0 fully saturated rings. The minimum Gasteiger partial charge on any atom is -0.454 e. The van der Waals surface area contributed by atoms with Gasteiger partial charge in [-0.25, -0.2) is 0 Å². The fourth-order valence-electron chi connectivity index (χ4n) is 3.16. The van der Waals surface area contributed by atoms with E-state index >= 15 is 0 Å². The van der Waals surface area contributed by atoms with E-state index in [1.807, 2.05) is 38.1 Å². The summed E-state index contributed by atoms with van der Waals surface area (Å²) in [7, 11) is 0. The van der Waals surface area contributed by atoms with E-state index in [2.05, 4.69) is 16.0 Å². The van der Waals surface area contributed by atoms with Crippen LogP contribution in [0.15, 0.2) is 36.4 Å². The highest BCUT2D eigenvalue weighted by Gasteiger charge is 2.28. The van der Waals surface area contributed by atoms with Crippen LogP contribution in [-0.2, 0) is 11.3 Å². The first-order chi connectivity index (χ1) is 13.0. The van der Waals surface area contributed by atoms with Gasteiger partial charge in [0.15, 0.2) is 11.5 Å². The lowest BCUT2D eigenvalue weighted by Crippen LogP contribution is -2.42. The molecule has 0 aromatic heterocycles. The van der Waals surface area contributed by atoms with Crippen LogP contribution in [0.5, 0.6) is 11.5 Å². The topological polar surface area (TPSA) is 88.7 Å². The molecule has 7 nitrogen and oxygen atoms in total. The van der Waals surface area contributed by atoms with Gasteiger partial charge in [-0.15, -0.1) is 0 Å². The second kappa shape index (κ2) is 6.83. The van der Waals surface area contributed by atoms with Crippen LogP contribution in [0.25, 0.3) is 0 Å². The summed E-state index contributed by atoms with van der Waals surface area (Å²) in [4.78, 5) is 24.7. The molecular weight excluding hydrogens is 346 g/mol. The second-order valence-electron chi connectivity index (χ2n) is 6.99. The summed E-state index contributed by atoms with van der Waals surface area (Å²) in [5, 5.41) is 8.98. The molecule has 0 spiro atoms. The third-order valence-electron chi connectivity index (χ3n) is 4.69. The Labute approximate surface area is 157 Å². The van der Waals surface area contributed by atoms with E-state index in [9.17, 15) is 9.59 Å². The number of rotatable bonds is 4. The van der Waals surface area contributed by atoms with Crippen LogP contribution >= 0.6 is 0 Å². The smallest absolute Gasteiger partial charge is 0.251 e. The predicted molar refractivity (Wildman–Crippen MR) is 101 cm³/mol. The van der Waals surface area contributed by atoms with Crippen LogP contribution in [0.4, 0.5) is 11.4 Å². The highest BCUT2D eigenvalue weighted by atomic mass is 16.7. The van der Waals surface area contributed by atoms with Gasteiger partial charge >= 0.3 is 0 Å². The van der Waals surface area contributed by atoms with Gasteiger partial charge < -0.3 is 25.4 Å². The molecule has 2 heterocycles. The summed E-state index contributed by atoms with van der Waals surface area (Å²) in [5.74, 6) is 1.26. The van der Waals surface area contributed by atoms with Crippen LogP contribution in [0.1, 0.15) is 29.8 Å². The van der Waals surface area contributed by atoms with Crippen molar-refractivity contribution in [3.8, 4) is 11.5 Å². The number of carbonyl (C=O) groups excluding carboxylic acids is 2. The third kappa shape index (κ3) is 3.40. The largest absolute Gasteiger partial charge is 0.454 e. The number of hydrogen-bond donors (Lipinski definition) is 3. The van der Waals surface area contributed by atoms with Gasteiger partial charge in [-0.3, -0.25) is 9.59 Å². The van der Waals surface area contributed by atoms with E-state index in [-0.39, 0.29) is 30.6 Å². The normalized spacial score (nSPS) is 17.1. The van der Waals surface area contributed by atoms with Gasteiger partial charge in [-0.05, 0) is 41.8 Å². The number of benzene rings is 2. The average Bonchev–Trinajstić information content (AvgIpc) is 3.12. The van der Waals surface area contributed by atoms with Crippen LogP contribution < -0.4 is 25.4 Å². The number of nitrogens with one attached hydrogen (secondary N) is 3. The van der Waals surface area contributed by atoms with Crippen molar-refractivity contribution in [2.75, 3.05) is 17.4 Å². The first kappa shape index (κ1) is 17.2. The van der Waals surface area contributed by atoms with E-state index in [1.54, 1.807) is 12.1 Å². The molecule has 3 N–H and O–H groups in total. The zero-order valence-electron chi connectivity index (χ0n) is 15.2. The van der Waals surface area contributed by atoms with Crippen molar-refractivity contribution in [1.82, 2.24) is 5.32 Å². The Morgan fingerprint density at radius 1 is 1.15 bits per heavy atom. The molecule has 1 atom stereocenters. The summed E-state index contributed by atoms with van der Waals surface area (Å²) < 4.78 is 10.6. The molecule has 7 heteroatoms. The predicted octanol–water partition coefficient (Wildman–Crippen LogP) is 2.73. The van der Waals surface area contributed by atoms with Crippen molar-refractivity contribution < 1.29 is 19.1 Å². The van der Waals surface area contributed by atoms with Crippen molar-refractivity contribution >= 4 is 23.2 Å². The van der Waals surface area contributed by atoms with Gasteiger partial charge in [-0.1, -0.05) is 19.9 Å². The lowest BCUT2D eigenvalue weighted by Gasteiger charge is -2.29. The fraction of sp³-hybridized carbons (Fsp3) is 0.300. The molecule has 27 heavy (non-hydrogen) atoms. The molecule has 0 aliphatic carbocycles. The van der Waals surface area contributed by atoms with Gasteiger partial charge in [0.05, 0.1) is 11.4 Å². The minimum absolute atomic E-state index is 0.0876. The molecule has 0 saturated heterocycles. The number of carbonyl (C=O) groups is 2. The highest BCUT2D eigenvalue weighted by molar-refractivity contribution is 6.05. The standard InChI is InChI=1S/C20H21N3O4/c1-11(2)18-20(25)23-15-8-13(4-5-14(15)22-18)19(24)21-9-12-3-6-16-17(7-12)27-10-26-16/h3-8,11,18,22H,9-10H2,1-2H3,(H,21,24)(H,23,25). The van der Waals surface area contributed by atoms with Gasteiger partial charge in [0, 0.05) is 12.1 Å². The average molecular weight is 367 g/mol. The molecule has 4 rings (SSSR count). The second-order valence-corrected chi connectivity index (χ2v) is 6.99. The maximum absolute atomic E-state index is 12.5. The SMILES string of the molecule is CC(C)C1Nc2ccc(C(=O)NCc3ccc4c(c3)OCO4)cc2NC1=O. The maximum atomic E-state index is 12.5. The van der Waals surface area contributed by atoms with Gasteiger partial charge in [0.25, 0.3) is 5.91 Å². The lowest BCUT2D eigenvalue weighted by atomic mass is 9.99. The van der Waals surface area contributed by atoms with Crippen molar-refractivity contribution in [3.63, 3.8) is 0 Å². The fourth-order valence-corrected chi connectivity index (χ4v) is 3.16. The maximum Gasteiger partial charge on any atom is 0.251 e. The number of fused-ring (bicyclic) bond motifs is 2. The van der Waals surface area contributed by atoms with E-state index in [0.29, 0.717) is 29.3 Å². The number of hydrogen-bond acceptors (Lipinski definition) is 5. The first-order valence-electron chi connectivity index (χ1n) is 8.89. The molecule has 2 aromatic carbocycles. The van der Waals surface area contributed by atoms with E-state index in [1.165, 1.54) is 0 Å². The van der Waals surface area contributed by atoms with Crippen molar-refractivity contribution in [2.24, 2.45) is 5.92 Å². The van der Waals surface area contributed by atoms with E-state index in [0.717, 1.165) is 11.3 Å². The van der Waals surface area contributed by atoms with Crippen LogP contribution in [0, 0.1) is 5.92 Å². The Bertz CT molecular complexity index is 910. The molecular formula is C20H21N3O4. The monoisotopic (exact) mass is 367 g/mol. The minimum atomic E-state index is -0.275. The summed E-state index contributed by atoms with van der Waals surface area (Å²) in [6.07, 6.45) is 0. The molecule has 2 amide bonds. The van der Waals surface area contributed by atoms with Gasteiger partial charge in [-0.2, -0.15) is 0 Å². The zero-order valence-corrected chi connectivity index (χ0v) is 15.2. The Hall–Kier alpha value is -3.22. The van der Waals surface area contributed by atoms with Crippen molar-refractivity contribution in [3.05, 3.63) is 47.5 Å². The summed E-state index contributed by atoms with van der Waals surface area (Å²) in [6.45, 7) is 4.56. The zero-order chi connectivity index (χ0) is 19.0. The molecule has 2 aliphatic heterocycles. The Kier molecular flexibility index (Phi) is 4.35. The number of ether oxygens (including phenoxy) is 2. The van der Waals surface area contributed by atoms with E-state index in [4.69, 9.17) is 9.47 Å². The molecule has 0 saturated carbocycles. The quantitative estimate of drug-likeness (QED) is 0.773. The molecule has 0 bridgehead atoms. The molecule has 2 aromatic rings. The van der Waals surface area contributed by atoms with Crippen LogP contribution in [0.2, 0.25) is 0 Å². The molecule has 140 valence electrons. The summed E-state index contributed by atoms with van der Waals surface area (Å²) >= 11 is 0. The lowest BCUT2D eigenvalue weighted by molar-refractivity contribution is -0.117. The van der Waals surface area contributed by atoms with Gasteiger partial charge in [0.1, 0.15) is 6.04 Å². The van der Waals surface area contributed by atoms with Gasteiger partial charge in [0.2, 0.25) is 12.7 Å². The highest BCUT2D eigenvalue weighted by Crippen LogP contribution is 2.32. The summed E-state index contributed by atoms with van der Waals surface area (Å²) in [5.41, 5.74) is 2.84. The first-order valence-corrected chi connectivity index (χ1v) is 8.89. The van der Waals surface area contributed by atoms with Crippen molar-refractivity contribution in [2.45, 2.75) is 26.4 Å². The summed E-state index contributed by atoms with van der Waals surface area (Å²) in [6, 6.07) is 10.5. The van der Waals surface area contributed by atoms with E-state index < -0.39 is 0 Å². The Morgan fingerprint density at radius 3 is 2.78 bits per heavy atom. The molecule has 0 radical (unpaired) electrons. The number of amides is 2. The van der Waals surface area contributed by atoms with Crippen LogP contribution in [-0.4, -0.2) is 24.6 Å².